The molecule has 112 valence electrons. The van der Waals surface area contributed by atoms with Crippen LogP contribution in [0.15, 0.2) is 18.2 Å². The lowest BCUT2D eigenvalue weighted by molar-refractivity contribution is -0.146. The molecule has 0 aliphatic carbocycles. The molecule has 1 aliphatic heterocycles. The van der Waals surface area contributed by atoms with Crippen LogP contribution in [0.1, 0.15) is 17.2 Å². The Labute approximate surface area is 116 Å². The molecule has 3 rings (SSSR count). The molecule has 8 heteroatoms. The lowest BCUT2D eigenvalue weighted by atomic mass is 10.1. The average molecular weight is 303 g/mol. The normalized spacial score (nSPS) is 15.1. The fourth-order valence-electron chi connectivity index (χ4n) is 2.45. The fourth-order valence-corrected chi connectivity index (χ4v) is 2.45. The summed E-state index contributed by atoms with van der Waals surface area (Å²) in [4.78, 5) is 3.59. The van der Waals surface area contributed by atoms with E-state index >= 15 is 0 Å². The standard InChI is InChI=1S/C13H10F5N3/c14-7-3-8(15)5-9(4-7)21-11-1-2-19-6-10(11)20-12(21)13(16,17)18/h3-5,19H,1-2,6H2. The Morgan fingerprint density at radius 2 is 1.76 bits per heavy atom. The number of nitrogens with one attached hydrogen (secondary N) is 1. The minimum atomic E-state index is -4.71. The van der Waals surface area contributed by atoms with Crippen LogP contribution in [0.5, 0.6) is 0 Å². The Kier molecular flexibility index (Phi) is 3.20. The van der Waals surface area contributed by atoms with Crippen molar-refractivity contribution in [2.45, 2.75) is 19.1 Å². The smallest absolute Gasteiger partial charge is 0.311 e. The molecule has 1 aliphatic rings. The van der Waals surface area contributed by atoms with E-state index in [0.29, 0.717) is 24.7 Å². The lowest BCUT2D eigenvalue weighted by Gasteiger charge is -2.17. The number of aromatic nitrogens is 2. The molecule has 0 spiro atoms. The van der Waals surface area contributed by atoms with Crippen molar-refractivity contribution in [3.63, 3.8) is 0 Å². The average Bonchev–Trinajstić information content (AvgIpc) is 2.76. The molecular weight excluding hydrogens is 293 g/mol. The largest absolute Gasteiger partial charge is 0.450 e. The second-order valence-corrected chi connectivity index (χ2v) is 4.72. The molecule has 1 aromatic heterocycles. The number of hydrogen-bond donors (Lipinski definition) is 1. The minimum Gasteiger partial charge on any atom is -0.311 e. The number of halogens is 5. The van der Waals surface area contributed by atoms with Crippen molar-refractivity contribution in [2.24, 2.45) is 0 Å². The molecular formula is C13H10F5N3. The van der Waals surface area contributed by atoms with Crippen molar-refractivity contribution in [1.29, 1.82) is 0 Å². The zero-order valence-electron chi connectivity index (χ0n) is 10.6. The van der Waals surface area contributed by atoms with Gasteiger partial charge >= 0.3 is 6.18 Å². The van der Waals surface area contributed by atoms with Gasteiger partial charge in [-0.1, -0.05) is 0 Å². The van der Waals surface area contributed by atoms with E-state index in [9.17, 15) is 22.0 Å². The number of fused-ring (bicyclic) bond motifs is 1. The third-order valence-electron chi connectivity index (χ3n) is 3.25. The molecule has 0 unspecified atom stereocenters. The maximum atomic E-state index is 13.3. The minimum absolute atomic E-state index is 0.198. The summed E-state index contributed by atoms with van der Waals surface area (Å²) in [5.41, 5.74) is 0.361. The van der Waals surface area contributed by atoms with E-state index < -0.39 is 23.6 Å². The highest BCUT2D eigenvalue weighted by molar-refractivity contribution is 5.40. The molecule has 0 saturated carbocycles. The molecule has 1 aromatic carbocycles. The molecule has 0 bridgehead atoms. The molecule has 3 nitrogen and oxygen atoms in total. The van der Waals surface area contributed by atoms with E-state index in [4.69, 9.17) is 0 Å². The van der Waals surface area contributed by atoms with Crippen LogP contribution < -0.4 is 5.32 Å². The van der Waals surface area contributed by atoms with Crippen LogP contribution >= 0.6 is 0 Å². The molecule has 0 amide bonds. The first-order valence-electron chi connectivity index (χ1n) is 6.21. The van der Waals surface area contributed by atoms with Crippen LogP contribution in [-0.4, -0.2) is 16.1 Å². The van der Waals surface area contributed by atoms with Crippen LogP contribution in [0.3, 0.4) is 0 Å². The fraction of sp³-hybridized carbons (Fsp3) is 0.308. The highest BCUT2D eigenvalue weighted by Gasteiger charge is 2.39. The number of imidazole rings is 1. The third kappa shape index (κ3) is 2.51. The van der Waals surface area contributed by atoms with Gasteiger partial charge in [0.1, 0.15) is 11.6 Å². The lowest BCUT2D eigenvalue weighted by Crippen LogP contribution is -2.25. The van der Waals surface area contributed by atoms with E-state index in [1.165, 1.54) is 0 Å². The third-order valence-corrected chi connectivity index (χ3v) is 3.25. The van der Waals surface area contributed by atoms with Crippen LogP contribution in [0.2, 0.25) is 0 Å². The van der Waals surface area contributed by atoms with Crippen molar-refractivity contribution >= 4 is 0 Å². The van der Waals surface area contributed by atoms with Gasteiger partial charge in [0, 0.05) is 31.3 Å². The van der Waals surface area contributed by atoms with Crippen LogP contribution in [0.4, 0.5) is 22.0 Å². The molecule has 0 radical (unpaired) electrons. The van der Waals surface area contributed by atoms with Gasteiger partial charge in [-0.2, -0.15) is 13.2 Å². The van der Waals surface area contributed by atoms with Gasteiger partial charge in [-0.15, -0.1) is 0 Å². The summed E-state index contributed by atoms with van der Waals surface area (Å²) >= 11 is 0. The van der Waals surface area contributed by atoms with Crippen molar-refractivity contribution in [1.82, 2.24) is 14.9 Å². The Bertz CT molecular complexity index is 670. The first kappa shape index (κ1) is 14.0. The number of rotatable bonds is 1. The van der Waals surface area contributed by atoms with Crippen LogP contribution in [0, 0.1) is 11.6 Å². The number of benzene rings is 1. The maximum Gasteiger partial charge on any atom is 0.450 e. The summed E-state index contributed by atoms with van der Waals surface area (Å²) in [5, 5.41) is 2.92. The van der Waals surface area contributed by atoms with Gasteiger partial charge in [0.15, 0.2) is 0 Å². The van der Waals surface area contributed by atoms with Crippen molar-refractivity contribution < 1.29 is 22.0 Å². The van der Waals surface area contributed by atoms with E-state index in [1.807, 2.05) is 0 Å². The summed E-state index contributed by atoms with van der Waals surface area (Å²) in [6, 6.07) is 2.34. The first-order chi connectivity index (χ1) is 9.86. The van der Waals surface area contributed by atoms with Crippen molar-refractivity contribution in [2.75, 3.05) is 6.54 Å². The maximum absolute atomic E-state index is 13.3. The molecule has 2 heterocycles. The zero-order chi connectivity index (χ0) is 15.2. The summed E-state index contributed by atoms with van der Waals surface area (Å²) in [5.74, 6) is -3.04. The van der Waals surface area contributed by atoms with Gasteiger partial charge in [-0.3, -0.25) is 4.57 Å². The van der Waals surface area contributed by atoms with E-state index in [2.05, 4.69) is 10.3 Å². The SMILES string of the molecule is Fc1cc(F)cc(-n2c(C(F)(F)F)nc3c2CCNC3)c1. The highest BCUT2D eigenvalue weighted by atomic mass is 19.4. The van der Waals surface area contributed by atoms with Crippen molar-refractivity contribution in [3.05, 3.63) is 47.0 Å². The molecule has 2 aromatic rings. The summed E-state index contributed by atoms with van der Waals surface area (Å²) in [6.45, 7) is 0.678. The molecule has 0 atom stereocenters. The van der Waals surface area contributed by atoms with E-state index in [0.717, 1.165) is 16.7 Å². The number of alkyl halides is 3. The quantitative estimate of drug-likeness (QED) is 0.821. The number of nitrogens with zero attached hydrogens (tertiary/aromatic N) is 2. The van der Waals surface area contributed by atoms with Gasteiger partial charge in [-0.05, 0) is 12.1 Å². The molecule has 1 N–H and O–H groups in total. The summed E-state index contributed by atoms with van der Waals surface area (Å²) < 4.78 is 66.8. The topological polar surface area (TPSA) is 29.9 Å². The Morgan fingerprint density at radius 3 is 2.38 bits per heavy atom. The highest BCUT2D eigenvalue weighted by Crippen LogP contribution is 2.33. The molecule has 21 heavy (non-hydrogen) atoms. The summed E-state index contributed by atoms with van der Waals surface area (Å²) in [6.07, 6.45) is -4.41. The molecule has 0 fully saturated rings. The Hall–Kier alpha value is -1.96. The van der Waals surface area contributed by atoms with Gasteiger partial charge in [0.25, 0.3) is 0 Å². The van der Waals surface area contributed by atoms with Crippen molar-refractivity contribution in [3.8, 4) is 5.69 Å². The Morgan fingerprint density at radius 1 is 1.10 bits per heavy atom. The predicted molar refractivity (Wildman–Crippen MR) is 63.9 cm³/mol. The van der Waals surface area contributed by atoms with Gasteiger partial charge in [0.05, 0.1) is 11.4 Å². The van der Waals surface area contributed by atoms with Crippen LogP contribution in [0.25, 0.3) is 5.69 Å². The molecule has 0 saturated heterocycles. The van der Waals surface area contributed by atoms with E-state index in [1.54, 1.807) is 0 Å². The second-order valence-electron chi connectivity index (χ2n) is 4.72. The monoisotopic (exact) mass is 303 g/mol. The van der Waals surface area contributed by atoms with Gasteiger partial charge < -0.3 is 5.32 Å². The zero-order valence-corrected chi connectivity index (χ0v) is 10.6. The van der Waals surface area contributed by atoms with Gasteiger partial charge in [-0.25, -0.2) is 13.8 Å². The van der Waals surface area contributed by atoms with E-state index in [-0.39, 0.29) is 17.9 Å². The Balaban J connectivity index is 2.26. The predicted octanol–water partition coefficient (Wildman–Crippen LogP) is 2.82. The first-order valence-corrected chi connectivity index (χ1v) is 6.21. The van der Waals surface area contributed by atoms with Gasteiger partial charge in [0.2, 0.25) is 5.82 Å². The second kappa shape index (κ2) is 4.80. The van der Waals surface area contributed by atoms with Crippen LogP contribution in [-0.2, 0) is 19.1 Å². The number of hydrogen-bond acceptors (Lipinski definition) is 2. The summed E-state index contributed by atoms with van der Waals surface area (Å²) in [7, 11) is 0.